The number of nitrogens with zero attached hydrogens (tertiary/aromatic N) is 1. The van der Waals surface area contributed by atoms with Gasteiger partial charge in [-0.25, -0.2) is 0 Å². The molecule has 156 valence electrons. The molecular weight excluding hydrogens is 379 g/mol. The van der Waals surface area contributed by atoms with Gasteiger partial charge in [0.05, 0.1) is 5.56 Å². The predicted molar refractivity (Wildman–Crippen MR) is 106 cm³/mol. The van der Waals surface area contributed by atoms with E-state index >= 15 is 0 Å². The zero-order valence-corrected chi connectivity index (χ0v) is 17.0. The van der Waals surface area contributed by atoms with Crippen molar-refractivity contribution in [3.8, 4) is 11.1 Å². The van der Waals surface area contributed by atoms with Crippen molar-refractivity contribution in [2.75, 3.05) is 19.7 Å². The molecule has 0 fully saturated rings. The Morgan fingerprint density at radius 1 is 1.10 bits per heavy atom. The summed E-state index contributed by atoms with van der Waals surface area (Å²) in [5.41, 5.74) is 3.42. The highest BCUT2D eigenvalue weighted by molar-refractivity contribution is 5.66. The number of esters is 1. The molecule has 1 aliphatic rings. The average Bonchev–Trinajstić information content (AvgIpc) is 2.77. The van der Waals surface area contributed by atoms with E-state index in [1.165, 1.54) is 24.6 Å². The fraction of sp³-hybridized carbons (Fsp3) is 0.435. The Hall–Kier alpha value is -2.34. The Kier molecular flexibility index (Phi) is 6.03. The van der Waals surface area contributed by atoms with Crippen LogP contribution in [0.2, 0.25) is 0 Å². The summed E-state index contributed by atoms with van der Waals surface area (Å²) in [7, 11) is 0. The van der Waals surface area contributed by atoms with Gasteiger partial charge in [-0.1, -0.05) is 38.1 Å². The van der Waals surface area contributed by atoms with Crippen LogP contribution in [0.25, 0.3) is 11.1 Å². The molecule has 0 atom stereocenters. The fourth-order valence-corrected chi connectivity index (χ4v) is 3.82. The van der Waals surface area contributed by atoms with Gasteiger partial charge in [-0.05, 0) is 58.8 Å². The Balaban J connectivity index is 1.87. The molecule has 29 heavy (non-hydrogen) atoms. The summed E-state index contributed by atoms with van der Waals surface area (Å²) in [6.45, 7) is 8.42. The van der Waals surface area contributed by atoms with Gasteiger partial charge in [0.25, 0.3) is 0 Å². The molecule has 0 N–H and O–H groups in total. The van der Waals surface area contributed by atoms with Crippen molar-refractivity contribution in [3.05, 3.63) is 59.2 Å². The van der Waals surface area contributed by atoms with E-state index in [1.54, 1.807) is 0 Å². The molecule has 0 unspecified atom stereocenters. The smallest absolute Gasteiger partial charge is 0.416 e. The van der Waals surface area contributed by atoms with E-state index in [-0.39, 0.29) is 11.4 Å². The number of ether oxygens (including phenoxy) is 1. The van der Waals surface area contributed by atoms with Gasteiger partial charge < -0.3 is 4.74 Å². The molecule has 2 aromatic carbocycles. The van der Waals surface area contributed by atoms with Crippen molar-refractivity contribution in [2.45, 2.75) is 45.3 Å². The van der Waals surface area contributed by atoms with E-state index in [1.807, 2.05) is 6.07 Å². The van der Waals surface area contributed by atoms with Crippen molar-refractivity contribution in [1.82, 2.24) is 4.90 Å². The molecule has 1 heterocycles. The number of benzene rings is 2. The highest BCUT2D eigenvalue weighted by Crippen LogP contribution is 2.37. The van der Waals surface area contributed by atoms with Crippen LogP contribution in [0.5, 0.6) is 0 Å². The van der Waals surface area contributed by atoms with E-state index < -0.39 is 11.7 Å². The Labute approximate surface area is 169 Å². The summed E-state index contributed by atoms with van der Waals surface area (Å²) in [6, 6.07) is 11.4. The standard InChI is InChI=1S/C23H26F3NO2/c1-16(28)29-13-12-27-11-10-22(2,3)21-9-6-18(14-19(21)15-27)17-4-7-20(8-5-17)23(24,25)26/h4-9,14H,10-13,15H2,1-3H3. The van der Waals surface area contributed by atoms with Crippen LogP contribution >= 0.6 is 0 Å². The van der Waals surface area contributed by atoms with E-state index in [0.29, 0.717) is 19.7 Å². The highest BCUT2D eigenvalue weighted by atomic mass is 19.4. The lowest BCUT2D eigenvalue weighted by molar-refractivity contribution is -0.141. The van der Waals surface area contributed by atoms with Crippen molar-refractivity contribution >= 4 is 5.97 Å². The number of carbonyl (C=O) groups is 1. The van der Waals surface area contributed by atoms with Crippen molar-refractivity contribution in [2.24, 2.45) is 0 Å². The molecular formula is C23H26F3NO2. The first-order valence-electron chi connectivity index (χ1n) is 9.73. The van der Waals surface area contributed by atoms with E-state index in [4.69, 9.17) is 4.74 Å². The van der Waals surface area contributed by atoms with Crippen LogP contribution < -0.4 is 0 Å². The maximum Gasteiger partial charge on any atom is 0.416 e. The molecule has 0 aliphatic carbocycles. The zero-order valence-electron chi connectivity index (χ0n) is 17.0. The molecule has 0 amide bonds. The first-order valence-corrected chi connectivity index (χ1v) is 9.73. The van der Waals surface area contributed by atoms with Crippen molar-refractivity contribution in [1.29, 1.82) is 0 Å². The molecule has 0 saturated heterocycles. The molecule has 3 nitrogen and oxygen atoms in total. The maximum atomic E-state index is 12.8. The summed E-state index contributed by atoms with van der Waals surface area (Å²) >= 11 is 0. The lowest BCUT2D eigenvalue weighted by Gasteiger charge is -2.25. The molecule has 6 heteroatoms. The van der Waals surface area contributed by atoms with Gasteiger partial charge >= 0.3 is 12.1 Å². The van der Waals surface area contributed by atoms with Gasteiger partial charge in [0.1, 0.15) is 6.61 Å². The average molecular weight is 405 g/mol. The monoisotopic (exact) mass is 405 g/mol. The zero-order chi connectivity index (χ0) is 21.2. The lowest BCUT2D eigenvalue weighted by Crippen LogP contribution is -2.29. The third-order valence-electron chi connectivity index (χ3n) is 5.54. The Morgan fingerprint density at radius 2 is 1.76 bits per heavy atom. The molecule has 3 rings (SSSR count). The summed E-state index contributed by atoms with van der Waals surface area (Å²) in [6.07, 6.45) is -3.36. The summed E-state index contributed by atoms with van der Waals surface area (Å²) in [4.78, 5) is 13.3. The lowest BCUT2D eigenvalue weighted by atomic mass is 9.79. The van der Waals surface area contributed by atoms with Gasteiger partial charge in [0.15, 0.2) is 0 Å². The van der Waals surface area contributed by atoms with Gasteiger partial charge in [-0.2, -0.15) is 13.2 Å². The normalized spacial score (nSPS) is 16.8. The Bertz CT molecular complexity index is 873. The number of fused-ring (bicyclic) bond motifs is 1. The van der Waals surface area contributed by atoms with Gasteiger partial charge in [0.2, 0.25) is 0 Å². The highest BCUT2D eigenvalue weighted by Gasteiger charge is 2.31. The number of halogens is 3. The predicted octanol–water partition coefficient (Wildman–Crippen LogP) is 5.42. The number of alkyl halides is 3. The van der Waals surface area contributed by atoms with E-state index in [9.17, 15) is 18.0 Å². The quantitative estimate of drug-likeness (QED) is 0.636. The molecule has 0 spiro atoms. The molecule has 1 aliphatic heterocycles. The summed E-state index contributed by atoms with van der Waals surface area (Å²) in [5.74, 6) is -0.287. The third-order valence-corrected chi connectivity index (χ3v) is 5.54. The number of carbonyl (C=O) groups excluding carboxylic acids is 1. The van der Waals surface area contributed by atoms with Crippen molar-refractivity contribution in [3.63, 3.8) is 0 Å². The second kappa shape index (κ2) is 8.19. The van der Waals surface area contributed by atoms with E-state index in [2.05, 4.69) is 30.9 Å². The molecule has 0 saturated carbocycles. The molecule has 2 aromatic rings. The van der Waals surface area contributed by atoms with Crippen LogP contribution in [0, 0.1) is 0 Å². The van der Waals surface area contributed by atoms with E-state index in [0.717, 1.165) is 41.8 Å². The third kappa shape index (κ3) is 5.18. The van der Waals surface area contributed by atoms with Gasteiger partial charge in [0, 0.05) is 20.0 Å². The molecule has 0 radical (unpaired) electrons. The van der Waals surface area contributed by atoms with Crippen LogP contribution in [-0.4, -0.2) is 30.6 Å². The fourth-order valence-electron chi connectivity index (χ4n) is 3.82. The molecule has 0 aromatic heterocycles. The van der Waals surface area contributed by atoms with Gasteiger partial charge in [-0.15, -0.1) is 0 Å². The molecule has 0 bridgehead atoms. The van der Waals surface area contributed by atoms with Crippen LogP contribution in [0.4, 0.5) is 13.2 Å². The summed E-state index contributed by atoms with van der Waals surface area (Å²) in [5, 5.41) is 0. The number of rotatable bonds is 4. The first kappa shape index (κ1) is 21.4. The second-order valence-electron chi connectivity index (χ2n) is 8.20. The second-order valence-corrected chi connectivity index (χ2v) is 8.20. The topological polar surface area (TPSA) is 29.5 Å². The van der Waals surface area contributed by atoms with Crippen LogP contribution in [0.1, 0.15) is 43.9 Å². The van der Waals surface area contributed by atoms with Crippen LogP contribution in [-0.2, 0) is 27.7 Å². The Morgan fingerprint density at radius 3 is 2.38 bits per heavy atom. The minimum atomic E-state index is -4.33. The number of hydrogen-bond donors (Lipinski definition) is 0. The largest absolute Gasteiger partial charge is 0.465 e. The minimum absolute atomic E-state index is 0.00973. The van der Waals surface area contributed by atoms with Crippen molar-refractivity contribution < 1.29 is 22.7 Å². The first-order chi connectivity index (χ1) is 13.6. The van der Waals surface area contributed by atoms with Crippen LogP contribution in [0.15, 0.2) is 42.5 Å². The maximum absolute atomic E-state index is 12.8. The number of hydrogen-bond acceptors (Lipinski definition) is 3. The van der Waals surface area contributed by atoms with Crippen LogP contribution in [0.3, 0.4) is 0 Å². The minimum Gasteiger partial charge on any atom is -0.465 e. The van der Waals surface area contributed by atoms with Gasteiger partial charge in [-0.3, -0.25) is 9.69 Å². The SMILES string of the molecule is CC(=O)OCCN1CCC(C)(C)c2ccc(-c3ccc(C(F)(F)F)cc3)cc2C1. The summed E-state index contributed by atoms with van der Waals surface area (Å²) < 4.78 is 43.6.